The average Bonchev–Trinajstić information content (AvgIpc) is 2.38. The zero-order valence-electron chi connectivity index (χ0n) is 11.2. The summed E-state index contributed by atoms with van der Waals surface area (Å²) >= 11 is 5.80. The van der Waals surface area contributed by atoms with Gasteiger partial charge in [-0.3, -0.25) is 4.79 Å². The number of esters is 1. The van der Waals surface area contributed by atoms with Crippen molar-refractivity contribution in [1.82, 2.24) is 0 Å². The van der Waals surface area contributed by atoms with Crippen LogP contribution in [0.25, 0.3) is 0 Å². The summed E-state index contributed by atoms with van der Waals surface area (Å²) < 4.78 is 46.7. The first-order valence-electron chi connectivity index (χ1n) is 5.87. The molecule has 4 nitrogen and oxygen atoms in total. The first kappa shape index (κ1) is 17.3. The molecule has 1 aromatic rings. The smallest absolute Gasteiger partial charge is 0.454 e. The third kappa shape index (κ3) is 4.63. The van der Waals surface area contributed by atoms with Gasteiger partial charge in [0.2, 0.25) is 0 Å². The number of halogens is 4. The molecule has 0 aliphatic carbocycles. The van der Waals surface area contributed by atoms with E-state index in [1.807, 2.05) is 0 Å². The van der Waals surface area contributed by atoms with Gasteiger partial charge in [0.05, 0.1) is 6.61 Å². The number of benzene rings is 1. The van der Waals surface area contributed by atoms with E-state index in [0.717, 1.165) is 0 Å². The van der Waals surface area contributed by atoms with Crippen molar-refractivity contribution in [2.75, 3.05) is 6.61 Å². The second-order valence-electron chi connectivity index (χ2n) is 4.02. The number of aryl methyl sites for hydroxylation is 1. The lowest BCUT2D eigenvalue weighted by atomic mass is 10.2. The maximum absolute atomic E-state index is 12.5. The second kappa shape index (κ2) is 6.80. The SMILES string of the molecule is CCOC(=O)[C@H](Oc1ccc(C)c(Cl)c1)C(=O)C(F)(F)F. The van der Waals surface area contributed by atoms with Gasteiger partial charge in [0.1, 0.15) is 5.75 Å². The van der Waals surface area contributed by atoms with Crippen LogP contribution in [0.2, 0.25) is 5.02 Å². The van der Waals surface area contributed by atoms with Gasteiger partial charge in [-0.15, -0.1) is 0 Å². The van der Waals surface area contributed by atoms with Crippen LogP contribution in [0.5, 0.6) is 5.75 Å². The fraction of sp³-hybridized carbons (Fsp3) is 0.385. The number of carbonyl (C=O) groups excluding carboxylic acids is 2. The van der Waals surface area contributed by atoms with Crippen molar-refractivity contribution >= 4 is 23.4 Å². The van der Waals surface area contributed by atoms with E-state index in [9.17, 15) is 22.8 Å². The normalized spacial score (nSPS) is 12.7. The minimum absolute atomic E-state index is 0.138. The van der Waals surface area contributed by atoms with E-state index >= 15 is 0 Å². The highest BCUT2D eigenvalue weighted by Crippen LogP contribution is 2.25. The molecule has 0 spiro atoms. The number of hydrogen-bond acceptors (Lipinski definition) is 4. The number of alkyl halides is 3. The Morgan fingerprint density at radius 2 is 1.95 bits per heavy atom. The lowest BCUT2D eigenvalue weighted by Crippen LogP contribution is -2.44. The highest BCUT2D eigenvalue weighted by Gasteiger charge is 2.48. The highest BCUT2D eigenvalue weighted by molar-refractivity contribution is 6.31. The Balaban J connectivity index is 3.04. The quantitative estimate of drug-likeness (QED) is 0.617. The second-order valence-corrected chi connectivity index (χ2v) is 4.43. The van der Waals surface area contributed by atoms with Crippen LogP contribution in [-0.2, 0) is 14.3 Å². The summed E-state index contributed by atoms with van der Waals surface area (Å²) in [5.74, 6) is -3.88. The molecule has 21 heavy (non-hydrogen) atoms. The number of ketones is 1. The Morgan fingerprint density at radius 1 is 1.33 bits per heavy atom. The minimum atomic E-state index is -5.22. The summed E-state index contributed by atoms with van der Waals surface area (Å²) in [5, 5.41) is 0.231. The van der Waals surface area contributed by atoms with E-state index in [-0.39, 0.29) is 17.4 Å². The van der Waals surface area contributed by atoms with Gasteiger partial charge in [0.15, 0.2) is 0 Å². The van der Waals surface area contributed by atoms with Gasteiger partial charge >= 0.3 is 12.1 Å². The number of ether oxygens (including phenoxy) is 2. The predicted octanol–water partition coefficient (Wildman–Crippen LogP) is 3.09. The number of carbonyl (C=O) groups is 2. The highest BCUT2D eigenvalue weighted by atomic mass is 35.5. The Bertz CT molecular complexity index is 543. The van der Waals surface area contributed by atoms with Crippen molar-refractivity contribution in [3.63, 3.8) is 0 Å². The van der Waals surface area contributed by atoms with Crippen molar-refractivity contribution in [2.45, 2.75) is 26.1 Å². The van der Waals surface area contributed by atoms with Crippen molar-refractivity contribution < 1.29 is 32.2 Å². The van der Waals surface area contributed by atoms with E-state index in [1.54, 1.807) is 6.92 Å². The molecule has 1 aromatic carbocycles. The maximum atomic E-state index is 12.5. The van der Waals surface area contributed by atoms with E-state index in [0.29, 0.717) is 5.56 Å². The zero-order chi connectivity index (χ0) is 16.2. The molecule has 0 amide bonds. The van der Waals surface area contributed by atoms with Gasteiger partial charge in [-0.05, 0) is 31.5 Å². The molecule has 0 heterocycles. The van der Waals surface area contributed by atoms with E-state index < -0.39 is 24.0 Å². The summed E-state index contributed by atoms with van der Waals surface area (Å²) in [6.45, 7) is 2.89. The Hall–Kier alpha value is -1.76. The molecule has 0 bridgehead atoms. The van der Waals surface area contributed by atoms with Crippen LogP contribution in [0.3, 0.4) is 0 Å². The Labute approximate surface area is 123 Å². The molecule has 0 aromatic heterocycles. The predicted molar refractivity (Wildman–Crippen MR) is 68.3 cm³/mol. The van der Waals surface area contributed by atoms with Crippen LogP contribution < -0.4 is 4.74 Å². The zero-order valence-corrected chi connectivity index (χ0v) is 11.9. The molecule has 0 N–H and O–H groups in total. The molecule has 116 valence electrons. The van der Waals surface area contributed by atoms with Gasteiger partial charge in [0, 0.05) is 5.02 Å². The van der Waals surface area contributed by atoms with Crippen molar-refractivity contribution in [2.24, 2.45) is 0 Å². The number of Topliss-reactive ketones (excluding diaryl/α,β-unsaturated/α-hetero) is 1. The Kier molecular flexibility index (Phi) is 5.60. The summed E-state index contributed by atoms with van der Waals surface area (Å²) in [6.07, 6.45) is -7.63. The fourth-order valence-electron chi connectivity index (χ4n) is 1.36. The fourth-order valence-corrected chi connectivity index (χ4v) is 1.53. The largest absolute Gasteiger partial charge is 0.470 e. The van der Waals surface area contributed by atoms with Crippen LogP contribution in [0, 0.1) is 6.92 Å². The van der Waals surface area contributed by atoms with Crippen LogP contribution in [0.1, 0.15) is 12.5 Å². The van der Waals surface area contributed by atoms with Gasteiger partial charge in [0.25, 0.3) is 11.9 Å². The van der Waals surface area contributed by atoms with Crippen LogP contribution in [0.4, 0.5) is 13.2 Å². The summed E-state index contributed by atoms with van der Waals surface area (Å²) in [7, 11) is 0. The summed E-state index contributed by atoms with van der Waals surface area (Å²) in [5.41, 5.74) is 0.666. The number of rotatable bonds is 5. The molecule has 8 heteroatoms. The molecule has 0 saturated carbocycles. The molecule has 0 aliphatic heterocycles. The van der Waals surface area contributed by atoms with Gasteiger partial charge in [-0.25, -0.2) is 4.79 Å². The van der Waals surface area contributed by atoms with Crippen LogP contribution >= 0.6 is 11.6 Å². The topological polar surface area (TPSA) is 52.6 Å². The van der Waals surface area contributed by atoms with E-state index in [1.165, 1.54) is 25.1 Å². The van der Waals surface area contributed by atoms with Crippen molar-refractivity contribution in [3.05, 3.63) is 28.8 Å². The number of hydrogen-bond donors (Lipinski definition) is 0. The molecule has 0 radical (unpaired) electrons. The van der Waals surface area contributed by atoms with Crippen molar-refractivity contribution in [1.29, 1.82) is 0 Å². The molecule has 1 rings (SSSR count). The summed E-state index contributed by atoms with van der Waals surface area (Å²) in [6, 6.07) is 4.00. The molecular weight excluding hydrogens is 313 g/mol. The van der Waals surface area contributed by atoms with Crippen LogP contribution in [-0.4, -0.2) is 30.6 Å². The third-order valence-corrected chi connectivity index (χ3v) is 2.82. The molecule has 0 unspecified atom stereocenters. The molecular formula is C13H12ClF3O4. The molecule has 1 atom stereocenters. The molecule has 0 aliphatic rings. The first-order valence-corrected chi connectivity index (χ1v) is 6.25. The van der Waals surface area contributed by atoms with Gasteiger partial charge in [-0.2, -0.15) is 13.2 Å². The van der Waals surface area contributed by atoms with Gasteiger partial charge in [-0.1, -0.05) is 17.7 Å². The van der Waals surface area contributed by atoms with Crippen molar-refractivity contribution in [3.8, 4) is 5.75 Å². The minimum Gasteiger partial charge on any atom is -0.470 e. The lowest BCUT2D eigenvalue weighted by Gasteiger charge is -2.18. The van der Waals surface area contributed by atoms with Crippen LogP contribution in [0.15, 0.2) is 18.2 Å². The standard InChI is InChI=1S/C13H12ClF3O4/c1-3-20-12(19)10(11(18)13(15,16)17)21-8-5-4-7(2)9(14)6-8/h4-6,10H,3H2,1-2H3/t10-/m1/s1. The lowest BCUT2D eigenvalue weighted by molar-refractivity contribution is -0.184. The van der Waals surface area contributed by atoms with E-state index in [2.05, 4.69) is 4.74 Å². The third-order valence-electron chi connectivity index (χ3n) is 2.42. The summed E-state index contributed by atoms with van der Waals surface area (Å²) in [4.78, 5) is 22.7. The monoisotopic (exact) mass is 324 g/mol. The Morgan fingerprint density at radius 3 is 2.43 bits per heavy atom. The van der Waals surface area contributed by atoms with E-state index in [4.69, 9.17) is 16.3 Å². The molecule has 0 saturated heterocycles. The average molecular weight is 325 g/mol. The maximum Gasteiger partial charge on any atom is 0.454 e. The first-order chi connectivity index (χ1) is 9.66. The van der Waals surface area contributed by atoms with Gasteiger partial charge < -0.3 is 9.47 Å². The molecule has 0 fully saturated rings.